The van der Waals surface area contributed by atoms with Crippen LogP contribution >= 0.6 is 22.6 Å². The first-order valence-corrected chi connectivity index (χ1v) is 5.62. The van der Waals surface area contributed by atoms with Crippen molar-refractivity contribution < 1.29 is 0 Å². The lowest BCUT2D eigenvalue weighted by molar-refractivity contribution is 0.514. The standard InChI is InChI=1S/C11H16IN/c1-7(2)11(13)9-4-5-10(12)8(3)6-9/h4-7,11H,13H2,1-3H3/t11-/m0/s1. The molecule has 1 nitrogen and oxygen atoms in total. The molecule has 2 heteroatoms. The third-order valence-corrected chi connectivity index (χ3v) is 3.50. The van der Waals surface area contributed by atoms with Gasteiger partial charge >= 0.3 is 0 Å². The first-order valence-electron chi connectivity index (χ1n) is 4.54. The van der Waals surface area contributed by atoms with Crippen molar-refractivity contribution in [2.24, 2.45) is 11.7 Å². The van der Waals surface area contributed by atoms with Crippen molar-refractivity contribution in [3.8, 4) is 0 Å². The van der Waals surface area contributed by atoms with Crippen LogP contribution in [0, 0.1) is 16.4 Å². The Hall–Kier alpha value is -0.0900. The summed E-state index contributed by atoms with van der Waals surface area (Å²) in [6.45, 7) is 6.42. The molecule has 0 unspecified atom stereocenters. The van der Waals surface area contributed by atoms with Gasteiger partial charge in [-0.25, -0.2) is 0 Å². The number of aryl methyl sites for hydroxylation is 1. The summed E-state index contributed by atoms with van der Waals surface area (Å²) in [5.41, 5.74) is 8.61. The highest BCUT2D eigenvalue weighted by molar-refractivity contribution is 14.1. The molecule has 0 heterocycles. The van der Waals surface area contributed by atoms with E-state index >= 15 is 0 Å². The van der Waals surface area contributed by atoms with Gasteiger partial charge in [0, 0.05) is 9.61 Å². The SMILES string of the molecule is Cc1cc([C@@H](N)C(C)C)ccc1I. The molecule has 0 aliphatic rings. The summed E-state index contributed by atoms with van der Waals surface area (Å²) in [7, 11) is 0. The van der Waals surface area contributed by atoms with Crippen molar-refractivity contribution in [1.82, 2.24) is 0 Å². The number of benzene rings is 1. The van der Waals surface area contributed by atoms with Crippen molar-refractivity contribution in [2.45, 2.75) is 26.8 Å². The maximum atomic E-state index is 6.05. The highest BCUT2D eigenvalue weighted by Crippen LogP contribution is 2.21. The van der Waals surface area contributed by atoms with Crippen molar-refractivity contribution in [2.75, 3.05) is 0 Å². The number of nitrogens with two attached hydrogens (primary N) is 1. The molecule has 72 valence electrons. The Morgan fingerprint density at radius 2 is 1.92 bits per heavy atom. The number of halogens is 1. The molecule has 0 spiro atoms. The molecule has 0 bridgehead atoms. The van der Waals surface area contributed by atoms with E-state index in [1.807, 2.05) is 0 Å². The minimum Gasteiger partial charge on any atom is -0.324 e. The topological polar surface area (TPSA) is 26.0 Å². The minimum absolute atomic E-state index is 0.163. The van der Waals surface area contributed by atoms with Crippen LogP contribution in [0.5, 0.6) is 0 Å². The van der Waals surface area contributed by atoms with E-state index in [4.69, 9.17) is 5.73 Å². The third-order valence-electron chi connectivity index (χ3n) is 2.29. The molecule has 1 rings (SSSR count). The lowest BCUT2D eigenvalue weighted by atomic mass is 9.96. The van der Waals surface area contributed by atoms with E-state index < -0.39 is 0 Å². The predicted molar refractivity (Wildman–Crippen MR) is 65.7 cm³/mol. The van der Waals surface area contributed by atoms with Gasteiger partial charge < -0.3 is 5.73 Å². The van der Waals surface area contributed by atoms with E-state index in [1.54, 1.807) is 0 Å². The molecule has 0 radical (unpaired) electrons. The molecule has 0 saturated carbocycles. The zero-order chi connectivity index (χ0) is 10.0. The molecule has 2 N–H and O–H groups in total. The van der Waals surface area contributed by atoms with Gasteiger partial charge in [-0.3, -0.25) is 0 Å². The van der Waals surface area contributed by atoms with Crippen LogP contribution < -0.4 is 5.73 Å². The van der Waals surface area contributed by atoms with Gasteiger partial charge in [0.2, 0.25) is 0 Å². The van der Waals surface area contributed by atoms with Crippen LogP contribution in [0.3, 0.4) is 0 Å². The van der Waals surface area contributed by atoms with E-state index in [0.717, 1.165) is 0 Å². The quantitative estimate of drug-likeness (QED) is 0.831. The van der Waals surface area contributed by atoms with Crippen LogP contribution in [-0.2, 0) is 0 Å². The minimum atomic E-state index is 0.163. The summed E-state index contributed by atoms with van der Waals surface area (Å²) in [6.07, 6.45) is 0. The van der Waals surface area contributed by atoms with Gasteiger partial charge in [-0.05, 0) is 52.6 Å². The molecule has 13 heavy (non-hydrogen) atoms. The van der Waals surface area contributed by atoms with Gasteiger partial charge in [0.1, 0.15) is 0 Å². The van der Waals surface area contributed by atoms with E-state index in [9.17, 15) is 0 Å². The zero-order valence-corrected chi connectivity index (χ0v) is 10.5. The molecule has 0 fully saturated rings. The van der Waals surface area contributed by atoms with E-state index in [1.165, 1.54) is 14.7 Å². The molecule has 0 aliphatic heterocycles. The van der Waals surface area contributed by atoms with Crippen LogP contribution in [0.15, 0.2) is 18.2 Å². The Morgan fingerprint density at radius 3 is 2.38 bits per heavy atom. The monoisotopic (exact) mass is 289 g/mol. The maximum Gasteiger partial charge on any atom is 0.0318 e. The fourth-order valence-electron chi connectivity index (χ4n) is 1.26. The Labute approximate surface area is 93.9 Å². The van der Waals surface area contributed by atoms with Crippen molar-refractivity contribution >= 4 is 22.6 Å². The summed E-state index contributed by atoms with van der Waals surface area (Å²) in [5, 5.41) is 0. The second-order valence-corrected chi connectivity index (χ2v) is 4.94. The first kappa shape index (κ1) is 11.0. The Morgan fingerprint density at radius 1 is 1.31 bits per heavy atom. The number of hydrogen-bond donors (Lipinski definition) is 1. The summed E-state index contributed by atoms with van der Waals surface area (Å²) >= 11 is 2.34. The predicted octanol–water partition coefficient (Wildman–Crippen LogP) is 3.26. The average molecular weight is 289 g/mol. The van der Waals surface area contributed by atoms with Crippen molar-refractivity contribution in [3.63, 3.8) is 0 Å². The van der Waals surface area contributed by atoms with Crippen LogP contribution in [0.4, 0.5) is 0 Å². The Kier molecular flexibility index (Phi) is 3.74. The molecule has 1 aromatic carbocycles. The van der Waals surface area contributed by atoms with Crippen LogP contribution in [0.25, 0.3) is 0 Å². The van der Waals surface area contributed by atoms with Gasteiger partial charge in [0.25, 0.3) is 0 Å². The molecular weight excluding hydrogens is 273 g/mol. The van der Waals surface area contributed by atoms with Crippen LogP contribution in [-0.4, -0.2) is 0 Å². The van der Waals surface area contributed by atoms with Crippen molar-refractivity contribution in [1.29, 1.82) is 0 Å². The van der Waals surface area contributed by atoms with Gasteiger partial charge in [0.05, 0.1) is 0 Å². The molecular formula is C11H16IN. The normalized spacial score (nSPS) is 13.4. The lowest BCUT2D eigenvalue weighted by Crippen LogP contribution is -2.16. The fourth-order valence-corrected chi connectivity index (χ4v) is 1.60. The second kappa shape index (κ2) is 4.42. The zero-order valence-electron chi connectivity index (χ0n) is 8.34. The molecule has 0 amide bonds. The van der Waals surface area contributed by atoms with E-state index in [2.05, 4.69) is 61.6 Å². The summed E-state index contributed by atoms with van der Waals surface area (Å²) < 4.78 is 1.30. The van der Waals surface area contributed by atoms with E-state index in [0.29, 0.717) is 5.92 Å². The van der Waals surface area contributed by atoms with Gasteiger partial charge in [0.15, 0.2) is 0 Å². The summed E-state index contributed by atoms with van der Waals surface area (Å²) in [4.78, 5) is 0. The second-order valence-electron chi connectivity index (χ2n) is 3.78. The van der Waals surface area contributed by atoms with Crippen molar-refractivity contribution in [3.05, 3.63) is 32.9 Å². The molecule has 0 saturated heterocycles. The third kappa shape index (κ3) is 2.68. The fraction of sp³-hybridized carbons (Fsp3) is 0.455. The summed E-state index contributed by atoms with van der Waals surface area (Å²) in [5.74, 6) is 0.500. The van der Waals surface area contributed by atoms with Crippen LogP contribution in [0.1, 0.15) is 31.0 Å². The highest BCUT2D eigenvalue weighted by atomic mass is 127. The molecule has 0 aromatic heterocycles. The maximum absolute atomic E-state index is 6.05. The van der Waals surface area contributed by atoms with Crippen LogP contribution in [0.2, 0.25) is 0 Å². The molecule has 1 atom stereocenters. The van der Waals surface area contributed by atoms with E-state index in [-0.39, 0.29) is 6.04 Å². The van der Waals surface area contributed by atoms with Gasteiger partial charge in [-0.15, -0.1) is 0 Å². The van der Waals surface area contributed by atoms with Gasteiger partial charge in [-0.2, -0.15) is 0 Å². The number of rotatable bonds is 2. The van der Waals surface area contributed by atoms with Gasteiger partial charge in [-0.1, -0.05) is 26.0 Å². The molecule has 1 aromatic rings. The average Bonchev–Trinajstić information content (AvgIpc) is 2.08. The number of hydrogen-bond acceptors (Lipinski definition) is 1. The smallest absolute Gasteiger partial charge is 0.0318 e. The largest absolute Gasteiger partial charge is 0.324 e. The molecule has 0 aliphatic carbocycles. The Balaban J connectivity index is 2.97. The first-order chi connectivity index (χ1) is 6.02. The summed E-state index contributed by atoms with van der Waals surface area (Å²) in [6, 6.07) is 6.61. The highest BCUT2D eigenvalue weighted by Gasteiger charge is 2.10. The Bertz CT molecular complexity index is 294. The lowest BCUT2D eigenvalue weighted by Gasteiger charge is -2.16.